The molecule has 7 heteroatoms. The van der Waals surface area contributed by atoms with Gasteiger partial charge in [-0.05, 0) is 22.9 Å². The smallest absolute Gasteiger partial charge is 0.293 e. The molecule has 1 N–H and O–H groups in total. The standard InChI is InChI=1S/C11H13BrFN3O2/c1-7-6-15(3-2-14-7)10-5-9(13)8(12)4-11(10)16(17)18/h4-5,7,14H,2-3,6H2,1H3/t7-/m0/s1. The van der Waals surface area contributed by atoms with Gasteiger partial charge < -0.3 is 10.2 Å². The maximum absolute atomic E-state index is 13.6. The van der Waals surface area contributed by atoms with Gasteiger partial charge in [0.1, 0.15) is 11.5 Å². The maximum Gasteiger partial charge on any atom is 0.293 e. The first-order valence-corrected chi connectivity index (χ1v) is 6.40. The molecule has 0 aromatic heterocycles. The summed E-state index contributed by atoms with van der Waals surface area (Å²) in [5.41, 5.74) is 0.270. The Kier molecular flexibility index (Phi) is 3.82. The first-order valence-electron chi connectivity index (χ1n) is 5.61. The fourth-order valence-electron chi connectivity index (χ4n) is 2.08. The number of nitro groups is 1. The number of nitrogens with one attached hydrogen (secondary N) is 1. The molecule has 2 rings (SSSR count). The molecule has 0 aliphatic carbocycles. The van der Waals surface area contributed by atoms with Gasteiger partial charge in [-0.15, -0.1) is 0 Å². The molecule has 0 amide bonds. The first kappa shape index (κ1) is 13.2. The van der Waals surface area contributed by atoms with Crippen molar-refractivity contribution in [2.24, 2.45) is 0 Å². The average molecular weight is 318 g/mol. The van der Waals surface area contributed by atoms with Crippen LogP contribution in [-0.2, 0) is 0 Å². The summed E-state index contributed by atoms with van der Waals surface area (Å²) in [7, 11) is 0. The van der Waals surface area contributed by atoms with E-state index in [0.29, 0.717) is 18.8 Å². The highest BCUT2D eigenvalue weighted by molar-refractivity contribution is 9.10. The van der Waals surface area contributed by atoms with Crippen molar-refractivity contribution < 1.29 is 9.31 Å². The SMILES string of the molecule is C[C@H]1CN(c2cc(F)c(Br)cc2[N+](=O)[O-])CCN1. The van der Waals surface area contributed by atoms with E-state index in [4.69, 9.17) is 0 Å². The summed E-state index contributed by atoms with van der Waals surface area (Å²) in [5, 5.41) is 14.3. The van der Waals surface area contributed by atoms with E-state index in [9.17, 15) is 14.5 Å². The summed E-state index contributed by atoms with van der Waals surface area (Å²) < 4.78 is 13.7. The Morgan fingerprint density at radius 2 is 2.33 bits per heavy atom. The fraction of sp³-hybridized carbons (Fsp3) is 0.455. The van der Waals surface area contributed by atoms with E-state index in [0.717, 1.165) is 6.54 Å². The summed E-state index contributed by atoms with van der Waals surface area (Å²) in [6.07, 6.45) is 0. The van der Waals surface area contributed by atoms with Gasteiger partial charge in [0, 0.05) is 37.8 Å². The second kappa shape index (κ2) is 5.19. The molecule has 1 aliphatic heterocycles. The van der Waals surface area contributed by atoms with E-state index >= 15 is 0 Å². The third-order valence-electron chi connectivity index (χ3n) is 2.92. The average Bonchev–Trinajstić information content (AvgIpc) is 2.31. The van der Waals surface area contributed by atoms with Crippen molar-refractivity contribution in [1.29, 1.82) is 0 Å². The highest BCUT2D eigenvalue weighted by atomic mass is 79.9. The van der Waals surface area contributed by atoms with Gasteiger partial charge in [0.2, 0.25) is 0 Å². The van der Waals surface area contributed by atoms with Crippen LogP contribution in [0, 0.1) is 15.9 Å². The third kappa shape index (κ3) is 2.62. The van der Waals surface area contributed by atoms with Gasteiger partial charge in [0.25, 0.3) is 5.69 Å². The zero-order valence-electron chi connectivity index (χ0n) is 9.82. The Hall–Kier alpha value is -1.21. The summed E-state index contributed by atoms with van der Waals surface area (Å²) in [4.78, 5) is 12.4. The monoisotopic (exact) mass is 317 g/mol. The summed E-state index contributed by atoms with van der Waals surface area (Å²) in [6, 6.07) is 2.67. The van der Waals surface area contributed by atoms with E-state index < -0.39 is 10.7 Å². The van der Waals surface area contributed by atoms with Gasteiger partial charge in [-0.25, -0.2) is 4.39 Å². The van der Waals surface area contributed by atoms with Crippen LogP contribution >= 0.6 is 15.9 Å². The van der Waals surface area contributed by atoms with Crippen LogP contribution in [0.1, 0.15) is 6.92 Å². The molecule has 0 radical (unpaired) electrons. The minimum atomic E-state index is -0.484. The van der Waals surface area contributed by atoms with Crippen LogP contribution in [0.5, 0.6) is 0 Å². The molecule has 1 aromatic carbocycles. The Balaban J connectivity index is 2.41. The number of nitrogens with zero attached hydrogens (tertiary/aromatic N) is 2. The van der Waals surface area contributed by atoms with Gasteiger partial charge in [0.15, 0.2) is 0 Å². The van der Waals surface area contributed by atoms with Gasteiger partial charge in [-0.2, -0.15) is 0 Å². The maximum atomic E-state index is 13.6. The van der Waals surface area contributed by atoms with Crippen molar-refractivity contribution in [2.75, 3.05) is 24.5 Å². The highest BCUT2D eigenvalue weighted by Gasteiger charge is 2.25. The van der Waals surface area contributed by atoms with Crippen LogP contribution in [0.25, 0.3) is 0 Å². The lowest BCUT2D eigenvalue weighted by Gasteiger charge is -2.33. The molecule has 0 spiro atoms. The lowest BCUT2D eigenvalue weighted by molar-refractivity contribution is -0.384. The zero-order valence-corrected chi connectivity index (χ0v) is 11.4. The van der Waals surface area contributed by atoms with E-state index in [1.807, 2.05) is 11.8 Å². The van der Waals surface area contributed by atoms with E-state index in [-0.39, 0.29) is 16.2 Å². The molecule has 1 aliphatic rings. The zero-order chi connectivity index (χ0) is 13.3. The van der Waals surface area contributed by atoms with Crippen molar-refractivity contribution in [3.05, 3.63) is 32.5 Å². The van der Waals surface area contributed by atoms with Crippen LogP contribution in [0.3, 0.4) is 0 Å². The summed E-state index contributed by atoms with van der Waals surface area (Å²) in [6.45, 7) is 3.98. The number of halogens is 2. The van der Waals surface area contributed by atoms with E-state index in [1.54, 1.807) is 0 Å². The Morgan fingerprint density at radius 1 is 1.61 bits per heavy atom. The van der Waals surface area contributed by atoms with E-state index in [2.05, 4.69) is 21.2 Å². The molecule has 0 saturated carbocycles. The molecule has 18 heavy (non-hydrogen) atoms. The molecule has 0 unspecified atom stereocenters. The second-order valence-corrected chi connectivity index (χ2v) is 5.17. The topological polar surface area (TPSA) is 58.4 Å². The van der Waals surface area contributed by atoms with Crippen molar-refractivity contribution in [1.82, 2.24) is 5.32 Å². The number of rotatable bonds is 2. The Labute approximate surface area is 112 Å². The lowest BCUT2D eigenvalue weighted by Crippen LogP contribution is -2.49. The van der Waals surface area contributed by atoms with Crippen molar-refractivity contribution in [3.8, 4) is 0 Å². The predicted molar refractivity (Wildman–Crippen MR) is 70.4 cm³/mol. The Morgan fingerprint density at radius 3 is 2.94 bits per heavy atom. The number of hydrogen-bond acceptors (Lipinski definition) is 4. The molecule has 1 fully saturated rings. The number of hydrogen-bond donors (Lipinski definition) is 1. The van der Waals surface area contributed by atoms with Crippen molar-refractivity contribution in [2.45, 2.75) is 13.0 Å². The minimum Gasteiger partial charge on any atom is -0.363 e. The summed E-state index contributed by atoms with van der Waals surface area (Å²) >= 11 is 2.97. The predicted octanol–water partition coefficient (Wildman–Crippen LogP) is 2.29. The number of nitro benzene ring substituents is 1. The number of benzene rings is 1. The molecule has 5 nitrogen and oxygen atoms in total. The fourth-order valence-corrected chi connectivity index (χ4v) is 2.41. The van der Waals surface area contributed by atoms with Crippen LogP contribution in [0.15, 0.2) is 16.6 Å². The lowest BCUT2D eigenvalue weighted by atomic mass is 10.2. The quantitative estimate of drug-likeness (QED) is 0.671. The number of piperazine rings is 1. The minimum absolute atomic E-state index is 0.0719. The van der Waals surface area contributed by atoms with E-state index in [1.165, 1.54) is 12.1 Å². The van der Waals surface area contributed by atoms with Gasteiger partial charge in [-0.3, -0.25) is 10.1 Å². The summed E-state index contributed by atoms with van der Waals surface area (Å²) in [5.74, 6) is -0.484. The molecular weight excluding hydrogens is 305 g/mol. The van der Waals surface area contributed by atoms with Crippen LogP contribution in [-0.4, -0.2) is 30.6 Å². The van der Waals surface area contributed by atoms with Crippen LogP contribution in [0.4, 0.5) is 15.8 Å². The van der Waals surface area contributed by atoms with Crippen molar-refractivity contribution in [3.63, 3.8) is 0 Å². The van der Waals surface area contributed by atoms with Crippen LogP contribution in [0.2, 0.25) is 0 Å². The molecular formula is C11H13BrFN3O2. The number of anilines is 1. The van der Waals surface area contributed by atoms with Gasteiger partial charge in [0.05, 0.1) is 9.40 Å². The van der Waals surface area contributed by atoms with Gasteiger partial charge >= 0.3 is 0 Å². The first-order chi connectivity index (χ1) is 8.49. The normalized spacial score (nSPS) is 19.9. The Bertz CT molecular complexity index is 484. The molecule has 98 valence electrons. The molecule has 1 aromatic rings. The van der Waals surface area contributed by atoms with Crippen LogP contribution < -0.4 is 10.2 Å². The third-order valence-corrected chi connectivity index (χ3v) is 3.53. The highest BCUT2D eigenvalue weighted by Crippen LogP contribution is 2.33. The molecule has 0 bridgehead atoms. The second-order valence-electron chi connectivity index (χ2n) is 4.31. The molecule has 1 saturated heterocycles. The van der Waals surface area contributed by atoms with Crippen molar-refractivity contribution >= 4 is 27.3 Å². The largest absolute Gasteiger partial charge is 0.363 e. The van der Waals surface area contributed by atoms with Gasteiger partial charge in [-0.1, -0.05) is 0 Å². The molecule has 1 atom stereocenters. The molecule has 1 heterocycles.